The van der Waals surface area contributed by atoms with Gasteiger partial charge in [-0.1, -0.05) is 0 Å². The highest BCUT2D eigenvalue weighted by atomic mass is 16.5. The molecular formula is C9H14O3. The number of hydrogen-bond acceptors (Lipinski definition) is 2. The number of carbonyl (C=O) groups is 1. The summed E-state index contributed by atoms with van der Waals surface area (Å²) in [5.74, 6) is -0.685. The Balaban J connectivity index is 1.88. The van der Waals surface area contributed by atoms with Crippen LogP contribution in [-0.4, -0.2) is 24.3 Å². The van der Waals surface area contributed by atoms with Gasteiger partial charge in [-0.3, -0.25) is 4.79 Å². The first-order valence-electron chi connectivity index (χ1n) is 4.52. The summed E-state index contributed by atoms with van der Waals surface area (Å²) in [6.07, 6.45) is 3.89. The molecule has 68 valence electrons. The number of aliphatic carboxylic acids is 1. The van der Waals surface area contributed by atoms with Gasteiger partial charge in [0.15, 0.2) is 0 Å². The number of carboxylic acid groups (broad SMARTS) is 1. The lowest BCUT2D eigenvalue weighted by Gasteiger charge is -2.48. The van der Waals surface area contributed by atoms with Gasteiger partial charge in [-0.15, -0.1) is 0 Å². The molecule has 3 heteroatoms. The highest BCUT2D eigenvalue weighted by molar-refractivity contribution is 5.71. The van der Waals surface area contributed by atoms with Gasteiger partial charge in [0, 0.05) is 13.2 Å². The third-order valence-corrected chi connectivity index (χ3v) is 3.26. The van der Waals surface area contributed by atoms with Crippen molar-refractivity contribution in [2.45, 2.75) is 25.7 Å². The predicted octanol–water partition coefficient (Wildman–Crippen LogP) is 1.28. The minimum absolute atomic E-state index is 0.0666. The first kappa shape index (κ1) is 8.05. The molecule has 0 aromatic rings. The van der Waals surface area contributed by atoms with Crippen LogP contribution < -0.4 is 0 Å². The molecule has 1 saturated carbocycles. The SMILES string of the molecule is O=C(O)C1CC2(CCOCC2)C1. The summed E-state index contributed by atoms with van der Waals surface area (Å²) in [4.78, 5) is 10.6. The maximum absolute atomic E-state index is 10.6. The Labute approximate surface area is 71.7 Å². The zero-order valence-corrected chi connectivity index (χ0v) is 7.08. The Hall–Kier alpha value is -0.570. The molecule has 0 aromatic heterocycles. The first-order chi connectivity index (χ1) is 5.72. The summed E-state index contributed by atoms with van der Waals surface area (Å²) in [7, 11) is 0. The Kier molecular flexibility index (Phi) is 1.83. The van der Waals surface area contributed by atoms with Gasteiger partial charge in [-0.2, -0.15) is 0 Å². The summed E-state index contributed by atoms with van der Waals surface area (Å²) in [5, 5.41) is 8.72. The molecule has 2 fully saturated rings. The highest BCUT2D eigenvalue weighted by Crippen LogP contribution is 2.52. The van der Waals surface area contributed by atoms with Crippen LogP contribution >= 0.6 is 0 Å². The summed E-state index contributed by atoms with van der Waals surface area (Å²) in [6.45, 7) is 1.65. The summed E-state index contributed by atoms with van der Waals surface area (Å²) < 4.78 is 5.25. The van der Waals surface area contributed by atoms with Crippen molar-refractivity contribution in [3.63, 3.8) is 0 Å². The molecule has 0 atom stereocenters. The molecule has 12 heavy (non-hydrogen) atoms. The van der Waals surface area contributed by atoms with E-state index in [1.54, 1.807) is 0 Å². The van der Waals surface area contributed by atoms with E-state index in [9.17, 15) is 4.79 Å². The molecule has 0 aromatic carbocycles. The maximum Gasteiger partial charge on any atom is 0.306 e. The average molecular weight is 170 g/mol. The molecule has 1 aliphatic heterocycles. The molecule has 1 aliphatic carbocycles. The summed E-state index contributed by atoms with van der Waals surface area (Å²) in [6, 6.07) is 0. The molecule has 0 radical (unpaired) electrons. The molecule has 0 bridgehead atoms. The van der Waals surface area contributed by atoms with Gasteiger partial charge in [-0.25, -0.2) is 0 Å². The molecule has 1 heterocycles. The van der Waals surface area contributed by atoms with Crippen LogP contribution in [0.4, 0.5) is 0 Å². The Morgan fingerprint density at radius 1 is 1.33 bits per heavy atom. The Morgan fingerprint density at radius 2 is 1.92 bits per heavy atom. The maximum atomic E-state index is 10.6. The van der Waals surface area contributed by atoms with E-state index in [1.807, 2.05) is 0 Å². The van der Waals surface area contributed by atoms with Crippen molar-refractivity contribution in [2.75, 3.05) is 13.2 Å². The topological polar surface area (TPSA) is 46.5 Å². The molecule has 1 saturated heterocycles. The molecule has 1 N–H and O–H groups in total. The van der Waals surface area contributed by atoms with Crippen LogP contribution in [0.15, 0.2) is 0 Å². The van der Waals surface area contributed by atoms with Crippen LogP contribution in [0, 0.1) is 11.3 Å². The second-order valence-electron chi connectivity index (χ2n) is 4.06. The normalized spacial score (nSPS) is 28.3. The fourth-order valence-electron chi connectivity index (χ4n) is 2.37. The monoisotopic (exact) mass is 170 g/mol. The van der Waals surface area contributed by atoms with Gasteiger partial charge in [0.2, 0.25) is 0 Å². The molecule has 2 aliphatic rings. The van der Waals surface area contributed by atoms with E-state index in [0.29, 0.717) is 5.41 Å². The van der Waals surface area contributed by atoms with Crippen molar-refractivity contribution in [3.05, 3.63) is 0 Å². The number of carboxylic acids is 1. The molecule has 0 amide bonds. The van der Waals surface area contributed by atoms with E-state index in [1.165, 1.54) is 0 Å². The second kappa shape index (κ2) is 2.73. The molecule has 0 unspecified atom stereocenters. The van der Waals surface area contributed by atoms with Crippen molar-refractivity contribution < 1.29 is 14.6 Å². The first-order valence-corrected chi connectivity index (χ1v) is 4.52. The minimum atomic E-state index is -0.618. The number of ether oxygens (including phenoxy) is 1. The van der Waals surface area contributed by atoms with Crippen LogP contribution in [0.2, 0.25) is 0 Å². The molecule has 3 nitrogen and oxygen atoms in total. The Bertz CT molecular complexity index is 186. The van der Waals surface area contributed by atoms with Gasteiger partial charge in [0.1, 0.15) is 0 Å². The van der Waals surface area contributed by atoms with Crippen molar-refractivity contribution in [1.82, 2.24) is 0 Å². The fourth-order valence-corrected chi connectivity index (χ4v) is 2.37. The second-order valence-corrected chi connectivity index (χ2v) is 4.06. The van der Waals surface area contributed by atoms with Crippen LogP contribution in [0.25, 0.3) is 0 Å². The lowest BCUT2D eigenvalue weighted by atomic mass is 9.58. The minimum Gasteiger partial charge on any atom is -0.481 e. The quantitative estimate of drug-likeness (QED) is 0.644. The fraction of sp³-hybridized carbons (Fsp3) is 0.889. The summed E-state index contributed by atoms with van der Waals surface area (Å²) in [5.41, 5.74) is 0.349. The number of rotatable bonds is 1. The van der Waals surface area contributed by atoms with Crippen molar-refractivity contribution in [2.24, 2.45) is 11.3 Å². The molecular weight excluding hydrogens is 156 g/mol. The predicted molar refractivity (Wildman–Crippen MR) is 42.8 cm³/mol. The molecule has 2 rings (SSSR count). The Morgan fingerprint density at radius 3 is 2.42 bits per heavy atom. The van der Waals surface area contributed by atoms with Crippen LogP contribution in [0.5, 0.6) is 0 Å². The van der Waals surface area contributed by atoms with Crippen LogP contribution in [-0.2, 0) is 9.53 Å². The zero-order chi connectivity index (χ0) is 8.60. The van der Waals surface area contributed by atoms with E-state index >= 15 is 0 Å². The van der Waals surface area contributed by atoms with Gasteiger partial charge < -0.3 is 9.84 Å². The lowest BCUT2D eigenvalue weighted by Crippen LogP contribution is -2.44. The third-order valence-electron chi connectivity index (χ3n) is 3.26. The van der Waals surface area contributed by atoms with E-state index in [2.05, 4.69) is 0 Å². The van der Waals surface area contributed by atoms with E-state index in [4.69, 9.17) is 9.84 Å². The van der Waals surface area contributed by atoms with E-state index < -0.39 is 5.97 Å². The van der Waals surface area contributed by atoms with Gasteiger partial charge >= 0.3 is 5.97 Å². The van der Waals surface area contributed by atoms with Crippen LogP contribution in [0.3, 0.4) is 0 Å². The largest absolute Gasteiger partial charge is 0.481 e. The van der Waals surface area contributed by atoms with Crippen molar-refractivity contribution >= 4 is 5.97 Å². The van der Waals surface area contributed by atoms with E-state index in [0.717, 1.165) is 38.9 Å². The van der Waals surface area contributed by atoms with Gasteiger partial charge in [0.25, 0.3) is 0 Å². The highest BCUT2D eigenvalue weighted by Gasteiger charge is 2.47. The lowest BCUT2D eigenvalue weighted by molar-refractivity contribution is -0.154. The summed E-state index contributed by atoms with van der Waals surface area (Å²) >= 11 is 0. The van der Waals surface area contributed by atoms with Crippen molar-refractivity contribution in [1.29, 1.82) is 0 Å². The smallest absolute Gasteiger partial charge is 0.306 e. The number of hydrogen-bond donors (Lipinski definition) is 1. The average Bonchev–Trinajstić information content (AvgIpc) is 2.01. The van der Waals surface area contributed by atoms with Crippen LogP contribution in [0.1, 0.15) is 25.7 Å². The molecule has 1 spiro atoms. The zero-order valence-electron chi connectivity index (χ0n) is 7.08. The van der Waals surface area contributed by atoms with Crippen molar-refractivity contribution in [3.8, 4) is 0 Å². The van der Waals surface area contributed by atoms with Gasteiger partial charge in [-0.05, 0) is 31.1 Å². The van der Waals surface area contributed by atoms with E-state index in [-0.39, 0.29) is 5.92 Å². The third kappa shape index (κ3) is 1.22. The van der Waals surface area contributed by atoms with Gasteiger partial charge in [0.05, 0.1) is 5.92 Å². The standard InChI is InChI=1S/C9H14O3/c10-8(11)7-5-9(6-7)1-3-12-4-2-9/h7H,1-6H2,(H,10,11).